The van der Waals surface area contributed by atoms with E-state index < -0.39 is 0 Å². The van der Waals surface area contributed by atoms with Crippen molar-refractivity contribution in [2.24, 2.45) is 0 Å². The molecule has 0 aliphatic heterocycles. The molecule has 0 radical (unpaired) electrons. The van der Waals surface area contributed by atoms with Crippen LogP contribution in [-0.4, -0.2) is 50.8 Å². The van der Waals surface area contributed by atoms with Crippen LogP contribution in [0.5, 0.6) is 0 Å². The predicted octanol–water partition coefficient (Wildman–Crippen LogP) is 6.56. The normalized spacial score (nSPS) is 11.2. The molecule has 7 rings (SSSR count). The van der Waals surface area contributed by atoms with Crippen molar-refractivity contribution in [3.63, 3.8) is 0 Å². The van der Waals surface area contributed by atoms with Crippen molar-refractivity contribution >= 4 is 0 Å². The molecule has 0 atom stereocenters. The van der Waals surface area contributed by atoms with Crippen molar-refractivity contribution in [3.8, 4) is 45.0 Å². The zero-order valence-corrected chi connectivity index (χ0v) is 24.9. The standard InChI is InChI=1S/C35H32N10/c1-2-3-12-33-32(21-24-13-17-26(18-14-24)28-8-4-6-10-30(28)34-37-41-42-38-34)36-23-45(33)22-25-15-19-27(20-16-25)29-9-5-7-11-31(29)35-39-43-44-40-35/h4-11,13-20,23H,2-3,12,21-22H2,1H3,(H,37,38,41,42)(H,39,40,43,44). The lowest BCUT2D eigenvalue weighted by molar-refractivity contribution is 0.690. The van der Waals surface area contributed by atoms with E-state index in [0.29, 0.717) is 11.6 Å². The molecular formula is C35H32N10. The fourth-order valence-corrected chi connectivity index (χ4v) is 5.76. The summed E-state index contributed by atoms with van der Waals surface area (Å²) in [5.74, 6) is 1.17. The molecule has 0 saturated carbocycles. The Morgan fingerprint density at radius 1 is 0.622 bits per heavy atom. The van der Waals surface area contributed by atoms with Gasteiger partial charge in [-0.05, 0) is 56.6 Å². The van der Waals surface area contributed by atoms with E-state index in [4.69, 9.17) is 4.98 Å². The van der Waals surface area contributed by atoms with Crippen LogP contribution in [-0.2, 0) is 19.4 Å². The van der Waals surface area contributed by atoms with Crippen LogP contribution in [0.4, 0.5) is 0 Å². The van der Waals surface area contributed by atoms with Gasteiger partial charge in [-0.2, -0.15) is 10.4 Å². The molecule has 2 N–H and O–H groups in total. The molecule has 10 nitrogen and oxygen atoms in total. The number of H-pyrrole nitrogens is 2. The molecule has 0 saturated heterocycles. The topological polar surface area (TPSA) is 127 Å². The number of tetrazole rings is 2. The number of unbranched alkanes of at least 4 members (excludes halogenated alkanes) is 1. The Bertz CT molecular complexity index is 1830. The second-order valence-corrected chi connectivity index (χ2v) is 11.0. The van der Waals surface area contributed by atoms with Gasteiger partial charge in [0.2, 0.25) is 11.6 Å². The molecule has 0 bridgehead atoms. The quantitative estimate of drug-likeness (QED) is 0.174. The molecule has 3 aromatic heterocycles. The summed E-state index contributed by atoms with van der Waals surface area (Å²) in [6.07, 6.45) is 6.03. The predicted molar refractivity (Wildman–Crippen MR) is 173 cm³/mol. The molecule has 7 aromatic rings. The summed E-state index contributed by atoms with van der Waals surface area (Å²) in [6.45, 7) is 3.00. The minimum absolute atomic E-state index is 0.587. The molecule has 3 heterocycles. The number of rotatable bonds is 11. The Hall–Kier alpha value is -5.77. The summed E-state index contributed by atoms with van der Waals surface area (Å²) in [4.78, 5) is 4.91. The first-order valence-corrected chi connectivity index (χ1v) is 15.1. The summed E-state index contributed by atoms with van der Waals surface area (Å²) < 4.78 is 2.31. The molecule has 0 fully saturated rings. The zero-order valence-electron chi connectivity index (χ0n) is 24.9. The highest BCUT2D eigenvalue weighted by Crippen LogP contribution is 2.31. The summed E-state index contributed by atoms with van der Waals surface area (Å²) in [5, 5.41) is 29.3. The van der Waals surface area contributed by atoms with E-state index in [0.717, 1.165) is 71.3 Å². The number of aromatic nitrogens is 10. The van der Waals surface area contributed by atoms with Crippen LogP contribution in [0.25, 0.3) is 45.0 Å². The minimum Gasteiger partial charge on any atom is -0.330 e. The Morgan fingerprint density at radius 3 is 1.67 bits per heavy atom. The van der Waals surface area contributed by atoms with Crippen molar-refractivity contribution in [3.05, 3.63) is 126 Å². The van der Waals surface area contributed by atoms with Gasteiger partial charge in [0, 0.05) is 29.8 Å². The SMILES string of the molecule is CCCCc1c(Cc2ccc(-c3ccccc3-c3nn[nH]n3)cc2)ncn1Cc1ccc(-c2ccccc2-c2nn[nH]n2)cc1. The first-order chi connectivity index (χ1) is 22.3. The highest BCUT2D eigenvalue weighted by atomic mass is 15.5. The third kappa shape index (κ3) is 6.03. The van der Waals surface area contributed by atoms with Gasteiger partial charge >= 0.3 is 0 Å². The maximum absolute atomic E-state index is 4.91. The number of benzene rings is 4. The van der Waals surface area contributed by atoms with Crippen LogP contribution >= 0.6 is 0 Å². The van der Waals surface area contributed by atoms with Crippen molar-refractivity contribution in [2.45, 2.75) is 39.2 Å². The maximum atomic E-state index is 4.91. The van der Waals surface area contributed by atoms with Gasteiger partial charge < -0.3 is 4.57 Å². The Kier molecular flexibility index (Phi) is 8.00. The Labute approximate surface area is 260 Å². The van der Waals surface area contributed by atoms with E-state index in [9.17, 15) is 0 Å². The van der Waals surface area contributed by atoms with Crippen LogP contribution < -0.4 is 0 Å². The first kappa shape index (κ1) is 28.0. The van der Waals surface area contributed by atoms with E-state index in [1.807, 2.05) is 42.7 Å². The third-order valence-electron chi connectivity index (χ3n) is 8.08. The van der Waals surface area contributed by atoms with Crippen LogP contribution in [0.2, 0.25) is 0 Å². The van der Waals surface area contributed by atoms with Crippen molar-refractivity contribution in [1.82, 2.24) is 50.8 Å². The monoisotopic (exact) mass is 592 g/mol. The molecule has 10 heteroatoms. The molecule has 222 valence electrons. The lowest BCUT2D eigenvalue weighted by atomic mass is 9.97. The van der Waals surface area contributed by atoms with E-state index in [2.05, 4.69) is 113 Å². The number of nitrogens with one attached hydrogen (secondary N) is 2. The van der Waals surface area contributed by atoms with Crippen LogP contribution in [0.3, 0.4) is 0 Å². The smallest absolute Gasteiger partial charge is 0.205 e. The van der Waals surface area contributed by atoms with Crippen molar-refractivity contribution < 1.29 is 0 Å². The highest BCUT2D eigenvalue weighted by Gasteiger charge is 2.15. The molecule has 45 heavy (non-hydrogen) atoms. The third-order valence-corrected chi connectivity index (χ3v) is 8.08. The molecule has 0 amide bonds. The summed E-state index contributed by atoms with van der Waals surface area (Å²) >= 11 is 0. The highest BCUT2D eigenvalue weighted by molar-refractivity contribution is 5.81. The molecule has 0 aliphatic rings. The van der Waals surface area contributed by atoms with Gasteiger partial charge in [-0.1, -0.05) is 110 Å². The van der Waals surface area contributed by atoms with Crippen molar-refractivity contribution in [1.29, 1.82) is 0 Å². The van der Waals surface area contributed by atoms with E-state index in [-0.39, 0.29) is 0 Å². The van der Waals surface area contributed by atoms with Gasteiger partial charge in [0.1, 0.15) is 0 Å². The largest absolute Gasteiger partial charge is 0.330 e. The Morgan fingerprint density at radius 2 is 1.16 bits per heavy atom. The van der Waals surface area contributed by atoms with Crippen LogP contribution in [0.1, 0.15) is 42.3 Å². The Balaban J connectivity index is 1.10. The number of hydrogen-bond donors (Lipinski definition) is 2. The molecule has 0 spiro atoms. The van der Waals surface area contributed by atoms with E-state index in [1.165, 1.54) is 16.8 Å². The molecule has 0 unspecified atom stereocenters. The lowest BCUT2D eigenvalue weighted by Gasteiger charge is -2.12. The number of hydrogen-bond acceptors (Lipinski definition) is 7. The molecule has 4 aromatic carbocycles. The minimum atomic E-state index is 0.587. The van der Waals surface area contributed by atoms with E-state index >= 15 is 0 Å². The number of aromatic amines is 2. The molecule has 0 aliphatic carbocycles. The van der Waals surface area contributed by atoms with Gasteiger partial charge in [-0.3, -0.25) is 0 Å². The lowest BCUT2D eigenvalue weighted by Crippen LogP contribution is -2.06. The van der Waals surface area contributed by atoms with Gasteiger partial charge in [-0.15, -0.1) is 20.4 Å². The fourth-order valence-electron chi connectivity index (χ4n) is 5.76. The van der Waals surface area contributed by atoms with Gasteiger partial charge in [-0.25, -0.2) is 4.98 Å². The summed E-state index contributed by atoms with van der Waals surface area (Å²) in [7, 11) is 0. The van der Waals surface area contributed by atoms with Gasteiger partial charge in [0.25, 0.3) is 0 Å². The van der Waals surface area contributed by atoms with Crippen molar-refractivity contribution in [2.75, 3.05) is 0 Å². The van der Waals surface area contributed by atoms with E-state index in [1.54, 1.807) is 0 Å². The number of nitrogens with zero attached hydrogens (tertiary/aromatic N) is 8. The number of imidazole rings is 1. The summed E-state index contributed by atoms with van der Waals surface area (Å²) in [6, 6.07) is 33.7. The fraction of sp³-hybridized carbons (Fsp3) is 0.171. The maximum Gasteiger partial charge on any atom is 0.205 e. The second-order valence-electron chi connectivity index (χ2n) is 11.0. The van der Waals surface area contributed by atoms with Crippen LogP contribution in [0.15, 0.2) is 103 Å². The van der Waals surface area contributed by atoms with Crippen LogP contribution in [0, 0.1) is 0 Å². The van der Waals surface area contributed by atoms with Gasteiger partial charge in [0.05, 0.1) is 12.0 Å². The second kappa shape index (κ2) is 12.8. The zero-order chi connectivity index (χ0) is 30.4. The average Bonchev–Trinajstić information content (AvgIpc) is 3.89. The summed E-state index contributed by atoms with van der Waals surface area (Å²) in [5.41, 5.74) is 11.1. The molecular weight excluding hydrogens is 560 g/mol. The average molecular weight is 593 g/mol. The first-order valence-electron chi connectivity index (χ1n) is 15.1. The van der Waals surface area contributed by atoms with Gasteiger partial charge in [0.15, 0.2) is 0 Å².